The fourth-order valence-corrected chi connectivity index (χ4v) is 3.39. The highest BCUT2D eigenvalue weighted by molar-refractivity contribution is 5.79. The topological polar surface area (TPSA) is 38.8 Å². The number of halogens is 1. The summed E-state index contributed by atoms with van der Waals surface area (Å²) in [7, 11) is 3.23. The SMILES string of the molecule is COc1ccc(OC)c(C2CCCN2C(=O)Cc2ccccc2F)c1. The second-order valence-electron chi connectivity index (χ2n) is 6.12. The Balaban J connectivity index is 1.85. The van der Waals surface area contributed by atoms with Crippen LogP contribution < -0.4 is 9.47 Å². The van der Waals surface area contributed by atoms with Gasteiger partial charge in [-0.25, -0.2) is 4.39 Å². The molecule has 1 saturated heterocycles. The predicted octanol–water partition coefficient (Wildman–Crippen LogP) is 3.75. The van der Waals surface area contributed by atoms with E-state index in [0.29, 0.717) is 12.1 Å². The van der Waals surface area contributed by atoms with Crippen molar-refractivity contribution in [2.75, 3.05) is 20.8 Å². The monoisotopic (exact) mass is 343 g/mol. The number of rotatable bonds is 5. The Labute approximate surface area is 147 Å². The highest BCUT2D eigenvalue weighted by Crippen LogP contribution is 2.39. The second-order valence-corrected chi connectivity index (χ2v) is 6.12. The maximum absolute atomic E-state index is 13.9. The summed E-state index contributed by atoms with van der Waals surface area (Å²) in [4.78, 5) is 14.6. The van der Waals surface area contributed by atoms with Crippen LogP contribution in [0.5, 0.6) is 11.5 Å². The summed E-state index contributed by atoms with van der Waals surface area (Å²) in [5.41, 5.74) is 1.36. The number of methoxy groups -OCH3 is 2. The van der Waals surface area contributed by atoms with Crippen molar-refractivity contribution in [3.05, 3.63) is 59.4 Å². The third kappa shape index (κ3) is 3.60. The Bertz CT molecular complexity index is 762. The van der Waals surface area contributed by atoms with Gasteiger partial charge in [-0.15, -0.1) is 0 Å². The third-order valence-electron chi connectivity index (χ3n) is 4.67. The molecule has 2 aromatic carbocycles. The molecule has 25 heavy (non-hydrogen) atoms. The van der Waals surface area contributed by atoms with Crippen LogP contribution in [0.2, 0.25) is 0 Å². The number of likely N-dealkylation sites (tertiary alicyclic amines) is 1. The van der Waals surface area contributed by atoms with Crippen LogP contribution in [0.25, 0.3) is 0 Å². The molecule has 1 atom stereocenters. The summed E-state index contributed by atoms with van der Waals surface area (Å²) in [5.74, 6) is 1.05. The van der Waals surface area contributed by atoms with Gasteiger partial charge in [-0.3, -0.25) is 4.79 Å². The van der Waals surface area contributed by atoms with E-state index in [1.165, 1.54) is 6.07 Å². The lowest BCUT2D eigenvalue weighted by Crippen LogP contribution is -2.32. The number of ether oxygens (including phenoxy) is 2. The highest BCUT2D eigenvalue weighted by atomic mass is 19.1. The molecule has 0 aromatic heterocycles. The lowest BCUT2D eigenvalue weighted by atomic mass is 10.0. The fraction of sp³-hybridized carbons (Fsp3) is 0.350. The molecule has 0 radical (unpaired) electrons. The van der Waals surface area contributed by atoms with Crippen molar-refractivity contribution < 1.29 is 18.7 Å². The first-order chi connectivity index (χ1) is 12.1. The van der Waals surface area contributed by atoms with Crippen LogP contribution in [0.4, 0.5) is 4.39 Å². The average molecular weight is 343 g/mol. The van der Waals surface area contributed by atoms with Gasteiger partial charge in [0.25, 0.3) is 0 Å². The Morgan fingerprint density at radius 1 is 1.20 bits per heavy atom. The summed E-state index contributed by atoms with van der Waals surface area (Å²) in [6, 6.07) is 11.9. The summed E-state index contributed by atoms with van der Waals surface area (Å²) in [5, 5.41) is 0. The first kappa shape index (κ1) is 17.3. The van der Waals surface area contributed by atoms with Crippen LogP contribution in [0.1, 0.15) is 30.0 Å². The number of benzene rings is 2. The van der Waals surface area contributed by atoms with Gasteiger partial charge in [-0.1, -0.05) is 18.2 Å². The molecule has 1 fully saturated rings. The van der Waals surface area contributed by atoms with E-state index in [9.17, 15) is 9.18 Å². The minimum absolute atomic E-state index is 0.0649. The lowest BCUT2D eigenvalue weighted by molar-refractivity contribution is -0.131. The number of carbonyl (C=O) groups excluding carboxylic acids is 1. The van der Waals surface area contributed by atoms with Crippen LogP contribution in [0, 0.1) is 5.82 Å². The molecule has 5 heteroatoms. The minimum Gasteiger partial charge on any atom is -0.497 e. The normalized spacial score (nSPS) is 16.8. The third-order valence-corrected chi connectivity index (χ3v) is 4.67. The molecule has 0 spiro atoms. The van der Waals surface area contributed by atoms with E-state index < -0.39 is 0 Å². The van der Waals surface area contributed by atoms with Gasteiger partial charge in [0.2, 0.25) is 5.91 Å². The lowest BCUT2D eigenvalue weighted by Gasteiger charge is -2.27. The summed E-state index contributed by atoms with van der Waals surface area (Å²) >= 11 is 0. The van der Waals surface area contributed by atoms with Crippen molar-refractivity contribution in [1.29, 1.82) is 0 Å². The van der Waals surface area contributed by atoms with Crippen LogP contribution in [-0.2, 0) is 11.2 Å². The van der Waals surface area contributed by atoms with E-state index >= 15 is 0 Å². The molecule has 1 unspecified atom stereocenters. The summed E-state index contributed by atoms with van der Waals surface area (Å²) < 4.78 is 24.6. The van der Waals surface area contributed by atoms with Crippen molar-refractivity contribution in [2.24, 2.45) is 0 Å². The molecule has 2 aromatic rings. The van der Waals surface area contributed by atoms with Gasteiger partial charge >= 0.3 is 0 Å². The van der Waals surface area contributed by atoms with Gasteiger partial charge in [0.1, 0.15) is 17.3 Å². The van der Waals surface area contributed by atoms with Crippen molar-refractivity contribution >= 4 is 5.91 Å². The molecule has 0 bridgehead atoms. The Morgan fingerprint density at radius 2 is 2.00 bits per heavy atom. The zero-order valence-corrected chi connectivity index (χ0v) is 14.5. The zero-order chi connectivity index (χ0) is 17.8. The molecule has 3 rings (SSSR count). The fourth-order valence-electron chi connectivity index (χ4n) is 3.39. The number of nitrogens with zero attached hydrogens (tertiary/aromatic N) is 1. The van der Waals surface area contributed by atoms with Crippen molar-refractivity contribution in [2.45, 2.75) is 25.3 Å². The zero-order valence-electron chi connectivity index (χ0n) is 14.5. The number of carbonyl (C=O) groups is 1. The molecule has 0 aliphatic carbocycles. The molecule has 1 heterocycles. The number of amides is 1. The Kier molecular flexibility index (Phi) is 5.22. The molecule has 132 valence electrons. The summed E-state index contributed by atoms with van der Waals surface area (Å²) in [6.07, 6.45) is 1.83. The molecule has 1 aliphatic rings. The molecule has 1 amide bonds. The maximum atomic E-state index is 13.9. The van der Waals surface area contributed by atoms with E-state index in [4.69, 9.17) is 9.47 Å². The number of hydrogen-bond donors (Lipinski definition) is 0. The van der Waals surface area contributed by atoms with Gasteiger partial charge in [-0.05, 0) is 42.7 Å². The van der Waals surface area contributed by atoms with Crippen LogP contribution >= 0.6 is 0 Å². The van der Waals surface area contributed by atoms with Crippen molar-refractivity contribution in [3.63, 3.8) is 0 Å². The molecule has 0 saturated carbocycles. The van der Waals surface area contributed by atoms with Crippen LogP contribution in [0.3, 0.4) is 0 Å². The first-order valence-electron chi connectivity index (χ1n) is 8.39. The Morgan fingerprint density at radius 3 is 2.72 bits per heavy atom. The van der Waals surface area contributed by atoms with Crippen LogP contribution in [0.15, 0.2) is 42.5 Å². The molecular formula is C20H22FNO3. The largest absolute Gasteiger partial charge is 0.497 e. The molecule has 0 N–H and O–H groups in total. The minimum atomic E-state index is -0.342. The molecule has 4 nitrogen and oxygen atoms in total. The van der Waals surface area contributed by atoms with Crippen molar-refractivity contribution in [1.82, 2.24) is 4.90 Å². The number of hydrogen-bond acceptors (Lipinski definition) is 3. The standard InChI is InChI=1S/C20H22FNO3/c1-24-15-9-10-19(25-2)16(13-15)18-8-5-11-22(18)20(23)12-14-6-3-4-7-17(14)21/h3-4,6-7,9-10,13,18H,5,8,11-12H2,1-2H3. The van der Waals surface area contributed by atoms with E-state index in [0.717, 1.165) is 29.9 Å². The van der Waals surface area contributed by atoms with Gasteiger partial charge < -0.3 is 14.4 Å². The predicted molar refractivity (Wildman–Crippen MR) is 93.3 cm³/mol. The first-order valence-corrected chi connectivity index (χ1v) is 8.39. The molecular weight excluding hydrogens is 321 g/mol. The van der Waals surface area contributed by atoms with Gasteiger partial charge in [0, 0.05) is 12.1 Å². The van der Waals surface area contributed by atoms with Gasteiger partial charge in [-0.2, -0.15) is 0 Å². The average Bonchev–Trinajstić information content (AvgIpc) is 3.12. The van der Waals surface area contributed by atoms with Gasteiger partial charge in [0.15, 0.2) is 0 Å². The van der Waals surface area contributed by atoms with E-state index in [2.05, 4.69) is 0 Å². The maximum Gasteiger partial charge on any atom is 0.227 e. The smallest absolute Gasteiger partial charge is 0.227 e. The van der Waals surface area contributed by atoms with E-state index in [-0.39, 0.29) is 24.2 Å². The van der Waals surface area contributed by atoms with Crippen LogP contribution in [-0.4, -0.2) is 31.6 Å². The molecule has 1 aliphatic heterocycles. The van der Waals surface area contributed by atoms with Gasteiger partial charge in [0.05, 0.1) is 26.7 Å². The second kappa shape index (κ2) is 7.55. The highest BCUT2D eigenvalue weighted by Gasteiger charge is 2.32. The van der Waals surface area contributed by atoms with E-state index in [1.807, 2.05) is 23.1 Å². The van der Waals surface area contributed by atoms with Crippen molar-refractivity contribution in [3.8, 4) is 11.5 Å². The quantitative estimate of drug-likeness (QED) is 0.830. The van der Waals surface area contributed by atoms with E-state index in [1.54, 1.807) is 32.4 Å². The Hall–Kier alpha value is -2.56. The summed E-state index contributed by atoms with van der Waals surface area (Å²) in [6.45, 7) is 0.665.